The molecule has 1 aromatic carbocycles. The van der Waals surface area contributed by atoms with Gasteiger partial charge in [-0.2, -0.15) is 0 Å². The molecule has 1 heterocycles. The van der Waals surface area contributed by atoms with Crippen LogP contribution >= 0.6 is 15.9 Å². The van der Waals surface area contributed by atoms with Crippen molar-refractivity contribution >= 4 is 33.0 Å². The first-order valence-electron chi connectivity index (χ1n) is 5.80. The summed E-state index contributed by atoms with van der Waals surface area (Å²) >= 11 is 2.19. The monoisotopic (exact) mass is 329 g/mol. The van der Waals surface area contributed by atoms with Crippen LogP contribution in [-0.2, 0) is 11.4 Å². The van der Waals surface area contributed by atoms with Crippen molar-refractivity contribution in [2.24, 2.45) is 4.40 Å². The van der Waals surface area contributed by atoms with E-state index in [4.69, 9.17) is 4.74 Å². The van der Waals surface area contributed by atoms with Crippen LogP contribution in [-0.4, -0.2) is 21.6 Å². The highest BCUT2D eigenvalue weighted by atomic mass is 79.9. The van der Waals surface area contributed by atoms with E-state index >= 15 is 0 Å². The molecule has 18 heavy (non-hydrogen) atoms. The highest BCUT2D eigenvalue weighted by Crippen LogP contribution is 2.30. The van der Waals surface area contributed by atoms with Crippen molar-refractivity contribution in [2.75, 3.05) is 6.61 Å². The van der Waals surface area contributed by atoms with Gasteiger partial charge in [0.25, 0.3) is 0 Å². The SMILES string of the molecule is CC(C)(C)[S+]([O-])N=C1CCOc2cc(Br)ccc21. The Balaban J connectivity index is 2.36. The van der Waals surface area contributed by atoms with Crippen molar-refractivity contribution < 1.29 is 9.29 Å². The molecular formula is C13H16BrNO2S. The molecule has 0 N–H and O–H groups in total. The summed E-state index contributed by atoms with van der Waals surface area (Å²) in [6, 6.07) is 5.82. The lowest BCUT2D eigenvalue weighted by Crippen LogP contribution is -2.28. The van der Waals surface area contributed by atoms with Crippen molar-refractivity contribution in [3.05, 3.63) is 28.2 Å². The largest absolute Gasteiger partial charge is 0.591 e. The van der Waals surface area contributed by atoms with Crippen LogP contribution in [0.25, 0.3) is 0 Å². The minimum absolute atomic E-state index is 0.333. The molecule has 0 fully saturated rings. The molecule has 1 aromatic rings. The second-order valence-corrected chi connectivity index (χ2v) is 7.96. The van der Waals surface area contributed by atoms with Gasteiger partial charge in [0.2, 0.25) is 0 Å². The third kappa shape index (κ3) is 3.08. The van der Waals surface area contributed by atoms with Crippen LogP contribution in [0.2, 0.25) is 0 Å². The summed E-state index contributed by atoms with van der Waals surface area (Å²) in [5.41, 5.74) is 1.82. The zero-order valence-electron chi connectivity index (χ0n) is 10.7. The molecule has 0 spiro atoms. The summed E-state index contributed by atoms with van der Waals surface area (Å²) in [7, 11) is 0. The van der Waals surface area contributed by atoms with Gasteiger partial charge in [-0.1, -0.05) is 20.3 Å². The number of benzene rings is 1. The zero-order chi connectivity index (χ0) is 13.3. The van der Waals surface area contributed by atoms with E-state index in [1.807, 2.05) is 39.0 Å². The Labute approximate surface area is 119 Å². The van der Waals surface area contributed by atoms with Gasteiger partial charge in [0, 0.05) is 16.5 Å². The molecule has 0 amide bonds. The standard InChI is InChI=1S/C13H16BrNO2S/c1-13(2,3)18(16)15-11-6-7-17-12-8-9(14)4-5-10(11)12/h4-5,8H,6-7H2,1-3H3. The molecule has 0 bridgehead atoms. The van der Waals surface area contributed by atoms with Crippen LogP contribution < -0.4 is 4.74 Å². The Hall–Kier alpha value is -0.520. The average molecular weight is 330 g/mol. The van der Waals surface area contributed by atoms with E-state index in [9.17, 15) is 4.55 Å². The number of halogens is 1. The Kier molecular flexibility index (Phi) is 4.04. The molecule has 5 heteroatoms. The minimum atomic E-state index is -1.23. The topological polar surface area (TPSA) is 44.7 Å². The van der Waals surface area contributed by atoms with E-state index < -0.39 is 11.4 Å². The second-order valence-electron chi connectivity index (χ2n) is 5.14. The summed E-state index contributed by atoms with van der Waals surface area (Å²) in [4.78, 5) is 0. The summed E-state index contributed by atoms with van der Waals surface area (Å²) in [6.45, 7) is 6.36. The lowest BCUT2D eigenvalue weighted by molar-refractivity contribution is 0.320. The Morgan fingerprint density at radius 2 is 2.11 bits per heavy atom. The van der Waals surface area contributed by atoms with Gasteiger partial charge in [0.05, 0.1) is 6.61 Å². The number of hydrogen-bond donors (Lipinski definition) is 0. The second kappa shape index (κ2) is 5.23. The van der Waals surface area contributed by atoms with E-state index in [2.05, 4.69) is 20.3 Å². The summed E-state index contributed by atoms with van der Waals surface area (Å²) in [5, 5.41) is 0. The molecule has 1 aliphatic heterocycles. The predicted molar refractivity (Wildman–Crippen MR) is 78.7 cm³/mol. The number of ether oxygens (including phenoxy) is 1. The Bertz CT molecular complexity index is 482. The smallest absolute Gasteiger partial charge is 0.144 e. The third-order valence-electron chi connectivity index (χ3n) is 2.57. The fourth-order valence-corrected chi connectivity index (χ4v) is 2.58. The van der Waals surface area contributed by atoms with Crippen LogP contribution in [0.3, 0.4) is 0 Å². The lowest BCUT2D eigenvalue weighted by Gasteiger charge is -2.22. The molecule has 1 unspecified atom stereocenters. The fourth-order valence-electron chi connectivity index (χ4n) is 1.58. The maximum Gasteiger partial charge on any atom is 0.144 e. The highest BCUT2D eigenvalue weighted by Gasteiger charge is 2.29. The van der Waals surface area contributed by atoms with Gasteiger partial charge < -0.3 is 9.29 Å². The lowest BCUT2D eigenvalue weighted by atomic mass is 10.0. The van der Waals surface area contributed by atoms with Gasteiger partial charge in [0.15, 0.2) is 0 Å². The van der Waals surface area contributed by atoms with E-state index in [1.54, 1.807) is 0 Å². The summed E-state index contributed by atoms with van der Waals surface area (Å²) in [6.07, 6.45) is 0.705. The molecule has 1 aliphatic rings. The highest BCUT2D eigenvalue weighted by molar-refractivity contribution is 9.10. The van der Waals surface area contributed by atoms with Crippen LogP contribution in [0.5, 0.6) is 5.75 Å². The molecule has 0 aromatic heterocycles. The van der Waals surface area contributed by atoms with Crippen LogP contribution in [0, 0.1) is 0 Å². The van der Waals surface area contributed by atoms with Gasteiger partial charge in [-0.3, -0.25) is 0 Å². The number of fused-ring (bicyclic) bond motifs is 1. The molecule has 0 saturated heterocycles. The summed E-state index contributed by atoms with van der Waals surface area (Å²) in [5.74, 6) is 0.806. The van der Waals surface area contributed by atoms with Crippen molar-refractivity contribution in [3.8, 4) is 5.75 Å². The minimum Gasteiger partial charge on any atom is -0.591 e. The molecule has 3 nitrogen and oxygen atoms in total. The molecule has 98 valence electrons. The molecule has 2 rings (SSSR count). The van der Waals surface area contributed by atoms with E-state index in [0.717, 1.165) is 21.5 Å². The summed E-state index contributed by atoms with van der Waals surface area (Å²) < 4.78 is 22.7. The Morgan fingerprint density at radius 3 is 2.78 bits per heavy atom. The van der Waals surface area contributed by atoms with E-state index in [1.165, 1.54) is 0 Å². The Morgan fingerprint density at radius 1 is 1.39 bits per heavy atom. The van der Waals surface area contributed by atoms with Gasteiger partial charge >= 0.3 is 0 Å². The number of hydrogen-bond acceptors (Lipinski definition) is 3. The molecule has 0 radical (unpaired) electrons. The number of nitrogens with zero attached hydrogens (tertiary/aromatic N) is 1. The quantitative estimate of drug-likeness (QED) is 0.740. The van der Waals surface area contributed by atoms with Gasteiger partial charge in [-0.25, -0.2) is 0 Å². The molecular weight excluding hydrogens is 314 g/mol. The maximum absolute atomic E-state index is 12.1. The van der Waals surface area contributed by atoms with Crippen LogP contribution in [0.15, 0.2) is 27.1 Å². The van der Waals surface area contributed by atoms with E-state index in [0.29, 0.717) is 13.0 Å². The first-order chi connectivity index (χ1) is 8.38. The first kappa shape index (κ1) is 13.9. The van der Waals surface area contributed by atoms with Gasteiger partial charge in [-0.05, 0) is 39.0 Å². The maximum atomic E-state index is 12.1. The van der Waals surface area contributed by atoms with Crippen molar-refractivity contribution in [1.82, 2.24) is 0 Å². The van der Waals surface area contributed by atoms with Gasteiger partial charge in [-0.15, -0.1) is 0 Å². The molecule has 0 aliphatic carbocycles. The van der Waals surface area contributed by atoms with Crippen molar-refractivity contribution in [1.29, 1.82) is 0 Å². The normalized spacial score (nSPS) is 19.3. The fraction of sp³-hybridized carbons (Fsp3) is 0.462. The van der Waals surface area contributed by atoms with Crippen molar-refractivity contribution in [3.63, 3.8) is 0 Å². The van der Waals surface area contributed by atoms with E-state index in [-0.39, 0.29) is 4.75 Å². The van der Waals surface area contributed by atoms with Gasteiger partial charge in [0.1, 0.15) is 27.6 Å². The van der Waals surface area contributed by atoms with Crippen LogP contribution in [0.4, 0.5) is 0 Å². The average Bonchev–Trinajstić information content (AvgIpc) is 2.27. The predicted octanol–water partition coefficient (Wildman–Crippen LogP) is 3.48. The van der Waals surface area contributed by atoms with Crippen molar-refractivity contribution in [2.45, 2.75) is 31.9 Å². The third-order valence-corrected chi connectivity index (χ3v) is 4.50. The first-order valence-corrected chi connectivity index (χ1v) is 7.70. The zero-order valence-corrected chi connectivity index (χ0v) is 13.1. The number of rotatable bonds is 1. The molecule has 0 saturated carbocycles. The molecule has 1 atom stereocenters. The van der Waals surface area contributed by atoms with Crippen LogP contribution in [0.1, 0.15) is 32.8 Å².